The number of rotatable bonds is 4. The highest BCUT2D eigenvalue weighted by atomic mass is 15.6. The first-order valence-electron chi connectivity index (χ1n) is 6.66. The number of fused-ring (bicyclic) bond motifs is 1. The van der Waals surface area contributed by atoms with E-state index in [0.717, 1.165) is 12.4 Å². The van der Waals surface area contributed by atoms with Crippen LogP contribution in [0.4, 0.5) is 11.5 Å². The summed E-state index contributed by atoms with van der Waals surface area (Å²) in [5, 5.41) is 15.6. The van der Waals surface area contributed by atoms with Gasteiger partial charge in [-0.05, 0) is 40.3 Å². The summed E-state index contributed by atoms with van der Waals surface area (Å²) in [4.78, 5) is 4.16. The average molecular weight is 283 g/mol. The Bertz CT molecular complexity index is 750. The lowest BCUT2D eigenvalue weighted by Crippen LogP contribution is -2.19. The molecule has 0 bridgehead atoms. The first-order valence-corrected chi connectivity index (χ1v) is 6.66. The third-order valence-corrected chi connectivity index (χ3v) is 3.29. The van der Waals surface area contributed by atoms with E-state index in [0.29, 0.717) is 5.65 Å². The van der Waals surface area contributed by atoms with E-state index in [1.165, 1.54) is 15.9 Å². The van der Waals surface area contributed by atoms with Crippen LogP contribution in [0.5, 0.6) is 0 Å². The van der Waals surface area contributed by atoms with Crippen LogP contribution in [0, 0.1) is 0 Å². The van der Waals surface area contributed by atoms with E-state index in [2.05, 4.69) is 54.7 Å². The van der Waals surface area contributed by atoms with Gasteiger partial charge in [0.05, 0.1) is 0 Å². The molecule has 0 fully saturated rings. The van der Waals surface area contributed by atoms with Crippen LogP contribution in [-0.2, 0) is 6.54 Å². The van der Waals surface area contributed by atoms with Gasteiger partial charge in [-0.25, -0.2) is 0 Å². The molecule has 0 radical (unpaired) electrons. The summed E-state index contributed by atoms with van der Waals surface area (Å²) < 4.78 is 1.43. The predicted octanol–water partition coefficient (Wildman–Crippen LogP) is 1.22. The van der Waals surface area contributed by atoms with Crippen LogP contribution in [0.2, 0.25) is 0 Å². The first-order chi connectivity index (χ1) is 10.1. The zero-order valence-electron chi connectivity index (χ0n) is 12.3. The molecule has 3 aromatic rings. The molecule has 0 spiro atoms. The summed E-state index contributed by atoms with van der Waals surface area (Å²) in [6.45, 7) is 0.766. The van der Waals surface area contributed by atoms with E-state index in [4.69, 9.17) is 0 Å². The number of benzene rings is 1. The third kappa shape index (κ3) is 2.76. The maximum absolute atomic E-state index is 4.38. The summed E-state index contributed by atoms with van der Waals surface area (Å²) >= 11 is 0. The van der Waals surface area contributed by atoms with E-state index in [1.54, 1.807) is 0 Å². The van der Waals surface area contributed by atoms with Crippen molar-refractivity contribution in [2.75, 3.05) is 30.9 Å². The number of tetrazole rings is 1. The van der Waals surface area contributed by atoms with Crippen LogP contribution >= 0.6 is 0 Å². The molecule has 0 saturated heterocycles. The summed E-state index contributed by atoms with van der Waals surface area (Å²) in [5.41, 5.74) is 3.05. The van der Waals surface area contributed by atoms with Crippen LogP contribution in [0.3, 0.4) is 0 Å². The Hall–Kier alpha value is -2.70. The smallest absolute Gasteiger partial charge is 0.200 e. The van der Waals surface area contributed by atoms with Crippen molar-refractivity contribution in [3.63, 3.8) is 0 Å². The minimum absolute atomic E-state index is 0.641. The molecule has 0 aliphatic carbocycles. The normalized spacial score (nSPS) is 10.8. The average Bonchev–Trinajstić information content (AvgIpc) is 2.94. The topological polar surface area (TPSA) is 62.5 Å². The molecule has 0 aliphatic heterocycles. The van der Waals surface area contributed by atoms with Crippen LogP contribution in [0.1, 0.15) is 5.56 Å². The predicted molar refractivity (Wildman–Crippen MR) is 81.5 cm³/mol. The number of hydrogen-bond donors (Lipinski definition) is 0. The van der Waals surface area contributed by atoms with Gasteiger partial charge in [-0.1, -0.05) is 12.1 Å². The Balaban J connectivity index is 1.81. The fraction of sp³-hybridized carbons (Fsp3) is 0.286. The number of nitrogens with zero attached hydrogens (tertiary/aromatic N) is 7. The molecule has 21 heavy (non-hydrogen) atoms. The van der Waals surface area contributed by atoms with Gasteiger partial charge >= 0.3 is 0 Å². The van der Waals surface area contributed by atoms with Gasteiger partial charge < -0.3 is 9.80 Å². The fourth-order valence-corrected chi connectivity index (χ4v) is 2.13. The standard InChI is InChI=1S/C14H17N7/c1-19(2)12-6-4-5-11(9-12)10-20(3)14-8-7-13-15-17-18-21(13)16-14/h4-9H,10H2,1-3H3. The van der Waals surface area contributed by atoms with Crippen LogP contribution in [0.25, 0.3) is 5.65 Å². The summed E-state index contributed by atoms with van der Waals surface area (Å²) in [7, 11) is 6.08. The molecule has 7 nitrogen and oxygen atoms in total. The van der Waals surface area contributed by atoms with Gasteiger partial charge in [0.2, 0.25) is 0 Å². The molecule has 2 heterocycles. The Kier molecular flexibility index (Phi) is 3.39. The lowest BCUT2D eigenvalue weighted by molar-refractivity contribution is 0.720. The molecule has 0 atom stereocenters. The highest BCUT2D eigenvalue weighted by molar-refractivity contribution is 5.49. The number of hydrogen-bond acceptors (Lipinski definition) is 6. The Labute approximate surface area is 122 Å². The minimum atomic E-state index is 0.641. The van der Waals surface area contributed by atoms with Crippen molar-refractivity contribution in [2.24, 2.45) is 0 Å². The van der Waals surface area contributed by atoms with Crippen molar-refractivity contribution >= 4 is 17.2 Å². The molecule has 108 valence electrons. The maximum Gasteiger partial charge on any atom is 0.200 e. The summed E-state index contributed by atoms with van der Waals surface area (Å²) in [6.07, 6.45) is 0. The lowest BCUT2D eigenvalue weighted by Gasteiger charge is -2.19. The second-order valence-electron chi connectivity index (χ2n) is 5.14. The highest BCUT2D eigenvalue weighted by Gasteiger charge is 2.07. The monoisotopic (exact) mass is 283 g/mol. The molecule has 3 rings (SSSR count). The zero-order valence-corrected chi connectivity index (χ0v) is 12.3. The number of anilines is 2. The quantitative estimate of drug-likeness (QED) is 0.717. The molecular formula is C14H17N7. The molecule has 7 heteroatoms. The molecular weight excluding hydrogens is 266 g/mol. The van der Waals surface area contributed by atoms with E-state index >= 15 is 0 Å². The Morgan fingerprint density at radius 3 is 2.76 bits per heavy atom. The molecule has 0 N–H and O–H groups in total. The van der Waals surface area contributed by atoms with Gasteiger partial charge in [-0.3, -0.25) is 0 Å². The third-order valence-electron chi connectivity index (χ3n) is 3.29. The van der Waals surface area contributed by atoms with Crippen molar-refractivity contribution in [1.29, 1.82) is 0 Å². The second kappa shape index (κ2) is 5.35. The van der Waals surface area contributed by atoms with Crippen molar-refractivity contribution in [3.05, 3.63) is 42.0 Å². The SMILES string of the molecule is CN(C)c1cccc(CN(C)c2ccc3nnnn3n2)c1. The fourth-order valence-electron chi connectivity index (χ4n) is 2.13. The van der Waals surface area contributed by atoms with E-state index < -0.39 is 0 Å². The lowest BCUT2D eigenvalue weighted by atomic mass is 10.2. The van der Waals surface area contributed by atoms with Crippen molar-refractivity contribution in [2.45, 2.75) is 6.54 Å². The van der Waals surface area contributed by atoms with E-state index in [1.807, 2.05) is 33.3 Å². The molecule has 0 amide bonds. The molecule has 1 aromatic carbocycles. The molecule has 0 unspecified atom stereocenters. The van der Waals surface area contributed by atoms with Crippen molar-refractivity contribution < 1.29 is 0 Å². The van der Waals surface area contributed by atoms with Gasteiger partial charge in [0.15, 0.2) is 11.5 Å². The van der Waals surface area contributed by atoms with Crippen LogP contribution < -0.4 is 9.80 Å². The van der Waals surface area contributed by atoms with Gasteiger partial charge in [-0.2, -0.15) is 0 Å². The molecule has 0 saturated carbocycles. The Morgan fingerprint density at radius 2 is 1.95 bits per heavy atom. The zero-order chi connectivity index (χ0) is 14.8. The van der Waals surface area contributed by atoms with Gasteiger partial charge in [-0.15, -0.1) is 14.8 Å². The van der Waals surface area contributed by atoms with Crippen LogP contribution in [-0.4, -0.2) is 46.4 Å². The Morgan fingerprint density at radius 1 is 1.10 bits per heavy atom. The van der Waals surface area contributed by atoms with Crippen LogP contribution in [0.15, 0.2) is 36.4 Å². The second-order valence-corrected chi connectivity index (χ2v) is 5.14. The summed E-state index contributed by atoms with van der Waals surface area (Å²) in [5.74, 6) is 0.824. The van der Waals surface area contributed by atoms with Gasteiger partial charge in [0.25, 0.3) is 0 Å². The van der Waals surface area contributed by atoms with E-state index in [-0.39, 0.29) is 0 Å². The summed E-state index contributed by atoms with van der Waals surface area (Å²) in [6, 6.07) is 12.2. The molecule has 2 aromatic heterocycles. The highest BCUT2D eigenvalue weighted by Crippen LogP contribution is 2.17. The largest absolute Gasteiger partial charge is 0.378 e. The van der Waals surface area contributed by atoms with Gasteiger partial charge in [0, 0.05) is 33.4 Å². The molecule has 0 aliphatic rings. The minimum Gasteiger partial charge on any atom is -0.378 e. The first kappa shape index (κ1) is 13.3. The van der Waals surface area contributed by atoms with Crippen molar-refractivity contribution in [1.82, 2.24) is 25.3 Å². The van der Waals surface area contributed by atoms with Gasteiger partial charge in [0.1, 0.15) is 0 Å². The maximum atomic E-state index is 4.38. The van der Waals surface area contributed by atoms with E-state index in [9.17, 15) is 0 Å². The number of aromatic nitrogens is 5. The van der Waals surface area contributed by atoms with Crippen molar-refractivity contribution in [3.8, 4) is 0 Å².